The van der Waals surface area contributed by atoms with Gasteiger partial charge in [0.1, 0.15) is 23.6 Å². The molecule has 0 bridgehead atoms. The molecule has 0 saturated heterocycles. The quantitative estimate of drug-likeness (QED) is 0.728. The van der Waals surface area contributed by atoms with E-state index < -0.39 is 53.6 Å². The maximum atomic E-state index is 13.3. The number of rotatable bonds is 4. The maximum Gasteiger partial charge on any atom is 0.416 e. The summed E-state index contributed by atoms with van der Waals surface area (Å²) in [6, 6.07) is 1.49. The topological polar surface area (TPSA) is 78.8 Å². The molecule has 0 saturated carbocycles. The highest BCUT2D eigenvalue weighted by molar-refractivity contribution is 5.67. The number of carbonyl (C=O) groups is 1. The lowest BCUT2D eigenvalue weighted by atomic mass is 10.0. The normalized spacial score (nSPS) is 14.9. The third kappa shape index (κ3) is 6.32. The van der Waals surface area contributed by atoms with E-state index in [0.717, 1.165) is 0 Å². The van der Waals surface area contributed by atoms with Gasteiger partial charge in [0.2, 0.25) is 0 Å². The van der Waals surface area contributed by atoms with Crippen molar-refractivity contribution in [3.05, 3.63) is 35.1 Å². The van der Waals surface area contributed by atoms with Gasteiger partial charge in [-0.15, -0.1) is 0 Å². The van der Waals surface area contributed by atoms with E-state index in [-0.39, 0.29) is 6.07 Å². The number of ether oxygens (including phenoxy) is 1. The van der Waals surface area contributed by atoms with Gasteiger partial charge in [0.15, 0.2) is 0 Å². The number of hydrogen-bond acceptors (Lipinski definition) is 4. The van der Waals surface area contributed by atoms with Gasteiger partial charge in [-0.2, -0.15) is 13.2 Å². The minimum atomic E-state index is -4.80. The van der Waals surface area contributed by atoms with Crippen LogP contribution in [0.4, 0.5) is 22.4 Å². The second kappa shape index (κ2) is 7.35. The molecule has 2 atom stereocenters. The number of alkyl carbamates (subject to hydrolysis) is 1. The number of hydrogen-bond donors (Lipinski definition) is 3. The fourth-order valence-electron chi connectivity index (χ4n) is 1.78. The van der Waals surface area contributed by atoms with Crippen molar-refractivity contribution in [2.24, 2.45) is 0 Å². The predicted octanol–water partition coefficient (Wildman–Crippen LogP) is 2.76. The number of halogens is 4. The molecule has 3 N–H and O–H groups in total. The molecule has 24 heavy (non-hydrogen) atoms. The van der Waals surface area contributed by atoms with Gasteiger partial charge >= 0.3 is 12.3 Å². The lowest BCUT2D eigenvalue weighted by Gasteiger charge is -2.22. The van der Waals surface area contributed by atoms with E-state index in [0.29, 0.717) is 12.1 Å². The highest BCUT2D eigenvalue weighted by Gasteiger charge is 2.32. The van der Waals surface area contributed by atoms with E-state index in [1.165, 1.54) is 0 Å². The Morgan fingerprint density at radius 3 is 2.29 bits per heavy atom. The van der Waals surface area contributed by atoms with Crippen LogP contribution < -0.4 is 5.32 Å². The largest absolute Gasteiger partial charge is 0.444 e. The lowest BCUT2D eigenvalue weighted by molar-refractivity contribution is -0.137. The van der Waals surface area contributed by atoms with Gasteiger partial charge in [-0.05, 0) is 44.5 Å². The number of nitrogens with one attached hydrogen (secondary N) is 1. The summed E-state index contributed by atoms with van der Waals surface area (Å²) in [7, 11) is 0. The summed E-state index contributed by atoms with van der Waals surface area (Å²) in [5, 5.41) is 21.8. The third-order valence-electron chi connectivity index (χ3n) is 2.81. The summed E-state index contributed by atoms with van der Waals surface area (Å²) in [4.78, 5) is 11.4. The van der Waals surface area contributed by atoms with Gasteiger partial charge in [0.05, 0.1) is 5.56 Å². The fraction of sp³-hybridized carbons (Fsp3) is 0.533. The molecule has 0 aliphatic rings. The summed E-state index contributed by atoms with van der Waals surface area (Å²) in [5.74, 6) is -1.20. The van der Waals surface area contributed by atoms with Gasteiger partial charge in [-0.1, -0.05) is 0 Å². The van der Waals surface area contributed by atoms with Crippen LogP contribution in [0.1, 0.15) is 38.0 Å². The first kappa shape index (κ1) is 20.2. The molecule has 1 amide bonds. The molecule has 1 aromatic carbocycles. The average molecular weight is 353 g/mol. The van der Waals surface area contributed by atoms with Crippen molar-refractivity contribution >= 4 is 6.09 Å². The van der Waals surface area contributed by atoms with Crippen molar-refractivity contribution < 1.29 is 37.3 Å². The number of aliphatic hydroxyl groups excluding tert-OH is 2. The van der Waals surface area contributed by atoms with Gasteiger partial charge < -0.3 is 20.3 Å². The molecule has 0 aliphatic carbocycles. The number of carbonyl (C=O) groups excluding carboxylic acids is 1. The highest BCUT2D eigenvalue weighted by atomic mass is 19.4. The van der Waals surface area contributed by atoms with Gasteiger partial charge in [0.25, 0.3) is 0 Å². The minimum absolute atomic E-state index is 0.279. The van der Waals surface area contributed by atoms with E-state index in [4.69, 9.17) is 4.74 Å². The summed E-state index contributed by atoms with van der Waals surface area (Å²) in [5.41, 5.74) is -2.53. The molecule has 2 unspecified atom stereocenters. The molecule has 0 heterocycles. The molecule has 0 fully saturated rings. The molecular formula is C15H19F4NO4. The second-order valence-corrected chi connectivity index (χ2v) is 6.17. The summed E-state index contributed by atoms with van der Waals surface area (Å²) < 4.78 is 56.1. The van der Waals surface area contributed by atoms with E-state index in [9.17, 15) is 32.6 Å². The van der Waals surface area contributed by atoms with Crippen molar-refractivity contribution in [3.63, 3.8) is 0 Å². The Bertz CT molecular complexity index is 584. The van der Waals surface area contributed by atoms with Crippen LogP contribution >= 0.6 is 0 Å². The SMILES string of the molecule is CC(C)(C)OC(=O)NCC(O)C(O)c1cc(F)cc(C(F)(F)F)c1. The van der Waals surface area contributed by atoms with E-state index in [1.54, 1.807) is 20.8 Å². The van der Waals surface area contributed by atoms with Crippen molar-refractivity contribution in [3.8, 4) is 0 Å². The summed E-state index contributed by atoms with van der Waals surface area (Å²) in [6.45, 7) is 4.35. The Morgan fingerprint density at radius 2 is 1.79 bits per heavy atom. The van der Waals surface area contributed by atoms with E-state index in [1.807, 2.05) is 0 Å². The highest BCUT2D eigenvalue weighted by Crippen LogP contribution is 2.32. The molecule has 0 aliphatic heterocycles. The molecular weight excluding hydrogens is 334 g/mol. The first-order chi connectivity index (χ1) is 10.8. The molecule has 1 rings (SSSR count). The Kier molecular flexibility index (Phi) is 6.18. The Hall–Kier alpha value is -1.87. The van der Waals surface area contributed by atoms with Gasteiger partial charge in [-0.25, -0.2) is 9.18 Å². The number of benzene rings is 1. The Labute approximate surface area is 136 Å². The monoisotopic (exact) mass is 353 g/mol. The minimum Gasteiger partial charge on any atom is -0.444 e. The van der Waals surface area contributed by atoms with Crippen molar-refractivity contribution in [2.75, 3.05) is 6.54 Å². The maximum absolute atomic E-state index is 13.3. The first-order valence-corrected chi connectivity index (χ1v) is 7.00. The van der Waals surface area contributed by atoms with Crippen LogP contribution in [0.3, 0.4) is 0 Å². The number of aliphatic hydroxyl groups is 2. The molecule has 0 aromatic heterocycles. The molecule has 1 aromatic rings. The Morgan fingerprint density at radius 1 is 1.21 bits per heavy atom. The number of alkyl halides is 3. The second-order valence-electron chi connectivity index (χ2n) is 6.17. The van der Waals surface area contributed by atoms with Crippen LogP contribution in [0.25, 0.3) is 0 Å². The zero-order valence-electron chi connectivity index (χ0n) is 13.3. The third-order valence-corrected chi connectivity index (χ3v) is 2.81. The smallest absolute Gasteiger partial charge is 0.416 e. The number of amides is 1. The summed E-state index contributed by atoms with van der Waals surface area (Å²) >= 11 is 0. The Balaban J connectivity index is 2.77. The predicted molar refractivity (Wildman–Crippen MR) is 76.6 cm³/mol. The van der Waals surface area contributed by atoms with Crippen LogP contribution in [-0.2, 0) is 10.9 Å². The van der Waals surface area contributed by atoms with Crippen LogP contribution in [-0.4, -0.2) is 34.6 Å². The summed E-state index contributed by atoms with van der Waals surface area (Å²) in [6.07, 6.45) is -9.14. The molecule has 136 valence electrons. The average Bonchev–Trinajstić information content (AvgIpc) is 2.40. The van der Waals surface area contributed by atoms with E-state index in [2.05, 4.69) is 5.32 Å². The zero-order chi connectivity index (χ0) is 18.7. The van der Waals surface area contributed by atoms with Crippen molar-refractivity contribution in [1.29, 1.82) is 0 Å². The van der Waals surface area contributed by atoms with E-state index >= 15 is 0 Å². The van der Waals surface area contributed by atoms with Crippen molar-refractivity contribution in [2.45, 2.75) is 44.8 Å². The van der Waals surface area contributed by atoms with Crippen LogP contribution in [0.2, 0.25) is 0 Å². The standard InChI is InChI=1S/C15H19F4NO4/c1-14(2,3)24-13(23)20-7-11(21)12(22)8-4-9(15(17,18)19)6-10(16)5-8/h4-6,11-12,21-22H,7H2,1-3H3,(H,20,23). The van der Waals surface area contributed by atoms with Crippen LogP contribution in [0.15, 0.2) is 18.2 Å². The zero-order valence-corrected chi connectivity index (χ0v) is 13.3. The fourth-order valence-corrected chi connectivity index (χ4v) is 1.78. The van der Waals surface area contributed by atoms with Crippen LogP contribution in [0.5, 0.6) is 0 Å². The molecule has 5 nitrogen and oxygen atoms in total. The molecule has 9 heteroatoms. The van der Waals surface area contributed by atoms with Crippen LogP contribution in [0, 0.1) is 5.82 Å². The molecule has 0 radical (unpaired) electrons. The van der Waals surface area contributed by atoms with Gasteiger partial charge in [0, 0.05) is 6.54 Å². The van der Waals surface area contributed by atoms with Crippen molar-refractivity contribution in [1.82, 2.24) is 5.32 Å². The first-order valence-electron chi connectivity index (χ1n) is 7.00. The lowest BCUT2D eigenvalue weighted by Crippen LogP contribution is -2.38. The molecule has 0 spiro atoms. The van der Waals surface area contributed by atoms with Gasteiger partial charge in [-0.3, -0.25) is 0 Å².